The number of hydrogen-bond donors (Lipinski definition) is 1. The Hall–Kier alpha value is -0.610. The van der Waals surface area contributed by atoms with Crippen LogP contribution in [-0.4, -0.2) is 49.3 Å². The standard InChI is InChI=1S/C9H17NO3/c1-10(6-9(11)12)5-8-3-2-4-13-7-8/h8H,2-7H2,1H3,(H,11,12). The quantitative estimate of drug-likeness (QED) is 0.693. The van der Waals surface area contributed by atoms with Crippen LogP contribution in [0, 0.1) is 5.92 Å². The normalized spacial score (nSPS) is 23.4. The lowest BCUT2D eigenvalue weighted by atomic mass is 10.0. The van der Waals surface area contributed by atoms with Gasteiger partial charge in [-0.25, -0.2) is 0 Å². The van der Waals surface area contributed by atoms with Crippen LogP contribution >= 0.6 is 0 Å². The summed E-state index contributed by atoms with van der Waals surface area (Å²) in [6, 6.07) is 0. The number of rotatable bonds is 4. The van der Waals surface area contributed by atoms with E-state index in [0.717, 1.165) is 32.6 Å². The molecule has 1 fully saturated rings. The first-order valence-electron chi connectivity index (χ1n) is 4.66. The summed E-state index contributed by atoms with van der Waals surface area (Å²) in [6.45, 7) is 2.59. The average molecular weight is 187 g/mol. The highest BCUT2D eigenvalue weighted by atomic mass is 16.5. The highest BCUT2D eigenvalue weighted by Crippen LogP contribution is 2.13. The van der Waals surface area contributed by atoms with Crippen LogP contribution in [0.1, 0.15) is 12.8 Å². The zero-order valence-corrected chi connectivity index (χ0v) is 8.03. The Bertz CT molecular complexity index is 166. The van der Waals surface area contributed by atoms with Gasteiger partial charge in [0.25, 0.3) is 0 Å². The Balaban J connectivity index is 2.18. The molecule has 1 aliphatic heterocycles. The maximum Gasteiger partial charge on any atom is 0.317 e. The van der Waals surface area contributed by atoms with Gasteiger partial charge in [0.15, 0.2) is 0 Å². The first-order valence-corrected chi connectivity index (χ1v) is 4.66. The minimum absolute atomic E-state index is 0.122. The minimum Gasteiger partial charge on any atom is -0.480 e. The van der Waals surface area contributed by atoms with Crippen LogP contribution in [0.4, 0.5) is 0 Å². The molecule has 1 atom stereocenters. The van der Waals surface area contributed by atoms with E-state index in [1.54, 1.807) is 0 Å². The van der Waals surface area contributed by atoms with Crippen molar-refractivity contribution in [3.63, 3.8) is 0 Å². The molecule has 4 heteroatoms. The summed E-state index contributed by atoms with van der Waals surface area (Å²) in [5.74, 6) is -0.252. The molecule has 4 nitrogen and oxygen atoms in total. The first-order chi connectivity index (χ1) is 6.18. The molecule has 1 rings (SSSR count). The first kappa shape index (κ1) is 10.5. The van der Waals surface area contributed by atoms with Crippen molar-refractivity contribution >= 4 is 5.97 Å². The number of likely N-dealkylation sites (N-methyl/N-ethyl adjacent to an activating group) is 1. The van der Waals surface area contributed by atoms with Gasteiger partial charge in [0.05, 0.1) is 13.2 Å². The Labute approximate surface area is 78.5 Å². The number of aliphatic carboxylic acids is 1. The fraction of sp³-hybridized carbons (Fsp3) is 0.889. The molecule has 1 aliphatic rings. The topological polar surface area (TPSA) is 49.8 Å². The van der Waals surface area contributed by atoms with Crippen molar-refractivity contribution < 1.29 is 14.6 Å². The second-order valence-electron chi connectivity index (χ2n) is 3.67. The number of ether oxygens (including phenoxy) is 1. The molecule has 1 unspecified atom stereocenters. The molecule has 1 heterocycles. The van der Waals surface area contributed by atoms with Crippen molar-refractivity contribution in [1.29, 1.82) is 0 Å². The molecule has 0 amide bonds. The summed E-state index contributed by atoms with van der Waals surface area (Å²) in [7, 11) is 1.84. The van der Waals surface area contributed by atoms with Crippen LogP contribution < -0.4 is 0 Å². The summed E-state index contributed by atoms with van der Waals surface area (Å²) in [5.41, 5.74) is 0. The van der Waals surface area contributed by atoms with Gasteiger partial charge in [0.1, 0.15) is 0 Å². The van der Waals surface area contributed by atoms with Crippen molar-refractivity contribution in [3.05, 3.63) is 0 Å². The lowest BCUT2D eigenvalue weighted by Crippen LogP contribution is -2.34. The molecule has 1 N–H and O–H groups in total. The lowest BCUT2D eigenvalue weighted by molar-refractivity contribution is -0.138. The maximum atomic E-state index is 10.4. The average Bonchev–Trinajstić information content (AvgIpc) is 2.04. The number of carbonyl (C=O) groups is 1. The van der Waals surface area contributed by atoms with Crippen molar-refractivity contribution in [1.82, 2.24) is 4.90 Å². The number of carboxylic acids is 1. The number of hydrogen-bond acceptors (Lipinski definition) is 3. The smallest absolute Gasteiger partial charge is 0.317 e. The van der Waals surface area contributed by atoms with Crippen molar-refractivity contribution in [3.8, 4) is 0 Å². The van der Waals surface area contributed by atoms with E-state index in [-0.39, 0.29) is 6.54 Å². The molecule has 0 aromatic rings. The van der Waals surface area contributed by atoms with E-state index in [2.05, 4.69) is 0 Å². The van der Waals surface area contributed by atoms with Crippen molar-refractivity contribution in [2.45, 2.75) is 12.8 Å². The summed E-state index contributed by atoms with van der Waals surface area (Å²) in [6.07, 6.45) is 2.26. The molecule has 0 saturated carbocycles. The van der Waals surface area contributed by atoms with E-state index in [4.69, 9.17) is 9.84 Å². The molecule has 0 aromatic heterocycles. The van der Waals surface area contributed by atoms with Crippen LogP contribution in [-0.2, 0) is 9.53 Å². The van der Waals surface area contributed by atoms with Gasteiger partial charge in [-0.15, -0.1) is 0 Å². The molecule has 0 aliphatic carbocycles. The van der Waals surface area contributed by atoms with Gasteiger partial charge in [-0.2, -0.15) is 0 Å². The fourth-order valence-electron chi connectivity index (χ4n) is 1.69. The second kappa shape index (κ2) is 5.19. The fourth-order valence-corrected chi connectivity index (χ4v) is 1.69. The maximum absolute atomic E-state index is 10.4. The molecule has 1 saturated heterocycles. The van der Waals surface area contributed by atoms with Crippen molar-refractivity contribution in [2.75, 3.05) is 33.4 Å². The van der Waals surface area contributed by atoms with Gasteiger partial charge in [-0.05, 0) is 25.8 Å². The summed E-state index contributed by atoms with van der Waals surface area (Å²) >= 11 is 0. The van der Waals surface area contributed by atoms with Gasteiger partial charge in [0.2, 0.25) is 0 Å². The van der Waals surface area contributed by atoms with Gasteiger partial charge in [-0.3, -0.25) is 9.69 Å². The molecule has 0 aromatic carbocycles. The van der Waals surface area contributed by atoms with Crippen LogP contribution in [0.3, 0.4) is 0 Å². The van der Waals surface area contributed by atoms with E-state index < -0.39 is 5.97 Å². The zero-order valence-electron chi connectivity index (χ0n) is 8.03. The van der Waals surface area contributed by atoms with E-state index in [1.807, 2.05) is 11.9 Å². The largest absolute Gasteiger partial charge is 0.480 e. The van der Waals surface area contributed by atoms with Crippen LogP contribution in [0.15, 0.2) is 0 Å². The van der Waals surface area contributed by atoms with Gasteiger partial charge >= 0.3 is 5.97 Å². The molecule has 13 heavy (non-hydrogen) atoms. The predicted molar refractivity (Wildman–Crippen MR) is 48.7 cm³/mol. The van der Waals surface area contributed by atoms with E-state index in [0.29, 0.717) is 5.92 Å². The SMILES string of the molecule is CN(CC(=O)O)CC1CCCOC1. The van der Waals surface area contributed by atoms with Crippen LogP contribution in [0.25, 0.3) is 0 Å². The Morgan fingerprint density at radius 2 is 2.46 bits per heavy atom. The van der Waals surface area contributed by atoms with Crippen LogP contribution in [0.2, 0.25) is 0 Å². The minimum atomic E-state index is -0.765. The third kappa shape index (κ3) is 4.24. The number of nitrogens with zero attached hydrogens (tertiary/aromatic N) is 1. The molecule has 0 spiro atoms. The van der Waals surface area contributed by atoms with Gasteiger partial charge in [0, 0.05) is 13.2 Å². The molecule has 0 bridgehead atoms. The Morgan fingerprint density at radius 3 is 3.00 bits per heavy atom. The summed E-state index contributed by atoms with van der Waals surface area (Å²) < 4.78 is 5.31. The van der Waals surface area contributed by atoms with E-state index in [1.165, 1.54) is 0 Å². The van der Waals surface area contributed by atoms with Crippen molar-refractivity contribution in [2.24, 2.45) is 5.92 Å². The lowest BCUT2D eigenvalue weighted by Gasteiger charge is -2.26. The molecule has 76 valence electrons. The second-order valence-corrected chi connectivity index (χ2v) is 3.67. The Kier molecular flexibility index (Phi) is 4.18. The molecular weight excluding hydrogens is 170 g/mol. The van der Waals surface area contributed by atoms with E-state index >= 15 is 0 Å². The predicted octanol–water partition coefficient (Wildman–Crippen LogP) is 0.429. The highest BCUT2D eigenvalue weighted by Gasteiger charge is 2.16. The number of carboxylic acid groups (broad SMARTS) is 1. The molecular formula is C9H17NO3. The Morgan fingerprint density at radius 1 is 1.69 bits per heavy atom. The monoisotopic (exact) mass is 187 g/mol. The van der Waals surface area contributed by atoms with Crippen LogP contribution in [0.5, 0.6) is 0 Å². The third-order valence-corrected chi connectivity index (χ3v) is 2.23. The zero-order chi connectivity index (χ0) is 9.68. The van der Waals surface area contributed by atoms with E-state index in [9.17, 15) is 4.79 Å². The highest BCUT2D eigenvalue weighted by molar-refractivity contribution is 5.68. The van der Waals surface area contributed by atoms with Gasteiger partial charge < -0.3 is 9.84 Å². The molecule has 0 radical (unpaired) electrons. The summed E-state index contributed by atoms with van der Waals surface area (Å²) in [5, 5.41) is 8.54. The summed E-state index contributed by atoms with van der Waals surface area (Å²) in [4.78, 5) is 12.2. The van der Waals surface area contributed by atoms with Gasteiger partial charge in [-0.1, -0.05) is 0 Å². The third-order valence-electron chi connectivity index (χ3n) is 2.23.